The summed E-state index contributed by atoms with van der Waals surface area (Å²) in [5.41, 5.74) is 2.15. The lowest BCUT2D eigenvalue weighted by Crippen LogP contribution is -2.19. The number of likely N-dealkylation sites (tertiary alicyclic amines) is 1. The minimum Gasteiger partial charge on any atom is -0.497 e. The lowest BCUT2D eigenvalue weighted by Gasteiger charge is -2.12. The molecule has 1 aliphatic heterocycles. The average Bonchev–Trinajstić information content (AvgIpc) is 3.47. The van der Waals surface area contributed by atoms with Crippen molar-refractivity contribution >= 4 is 17.8 Å². The molecule has 4 rings (SSSR count). The Labute approximate surface area is 201 Å². The highest BCUT2D eigenvalue weighted by molar-refractivity contribution is 7.98. The van der Waals surface area contributed by atoms with Crippen LogP contribution in [-0.2, 0) is 10.5 Å². The summed E-state index contributed by atoms with van der Waals surface area (Å²) in [7, 11) is 0. The molecule has 2 aromatic rings. The number of thioether (sulfide) groups is 1. The summed E-state index contributed by atoms with van der Waals surface area (Å²) in [6.07, 6.45) is 20.6. The van der Waals surface area contributed by atoms with Crippen LogP contribution in [0.25, 0.3) is 17.5 Å². The minimum absolute atomic E-state index is 0.574. The van der Waals surface area contributed by atoms with Crippen molar-refractivity contribution in [3.63, 3.8) is 0 Å². The number of benzene rings is 1. The average molecular weight is 464 g/mol. The molecule has 5 nitrogen and oxygen atoms in total. The Morgan fingerprint density at radius 2 is 1.94 bits per heavy atom. The van der Waals surface area contributed by atoms with E-state index in [4.69, 9.17) is 9.15 Å². The van der Waals surface area contributed by atoms with Gasteiger partial charge in [-0.1, -0.05) is 48.6 Å². The molecule has 0 radical (unpaired) electrons. The quantitative estimate of drug-likeness (QED) is 0.346. The molecule has 0 atom stereocenters. The van der Waals surface area contributed by atoms with Gasteiger partial charge in [0.1, 0.15) is 0 Å². The summed E-state index contributed by atoms with van der Waals surface area (Å²) < 4.78 is 11.7. The number of hydrogen-bond donors (Lipinski definition) is 0. The zero-order valence-electron chi connectivity index (χ0n) is 19.2. The lowest BCUT2D eigenvalue weighted by atomic mass is 10.1. The topological polar surface area (TPSA) is 51.4 Å². The fourth-order valence-electron chi connectivity index (χ4n) is 3.88. The van der Waals surface area contributed by atoms with Gasteiger partial charge < -0.3 is 14.1 Å². The molecule has 0 spiro atoms. The second-order valence-corrected chi connectivity index (χ2v) is 9.37. The number of unbranched alkanes of at least 4 members (excludes halogenated alkanes) is 1. The van der Waals surface area contributed by atoms with Gasteiger partial charge in [-0.15, -0.1) is 22.0 Å². The number of rotatable bonds is 12. The molecule has 0 amide bonds. The summed E-state index contributed by atoms with van der Waals surface area (Å²) in [4.78, 5) is 2.57. The molecule has 0 N–H and O–H groups in total. The van der Waals surface area contributed by atoms with E-state index in [9.17, 15) is 0 Å². The third-order valence-electron chi connectivity index (χ3n) is 5.68. The Balaban J connectivity index is 1.15. The molecular formula is C27H33N3O2S. The summed E-state index contributed by atoms with van der Waals surface area (Å²) >= 11 is 1.74. The Kier molecular flexibility index (Phi) is 9.44. The third-order valence-corrected chi connectivity index (χ3v) is 6.59. The van der Waals surface area contributed by atoms with Crippen LogP contribution >= 0.6 is 11.8 Å². The first kappa shape index (κ1) is 23.6. The summed E-state index contributed by atoms with van der Waals surface area (Å²) in [6.45, 7) is 4.46. The first-order valence-corrected chi connectivity index (χ1v) is 13.1. The van der Waals surface area contributed by atoms with Crippen molar-refractivity contribution in [2.75, 3.05) is 32.0 Å². The van der Waals surface area contributed by atoms with Crippen LogP contribution < -0.4 is 0 Å². The van der Waals surface area contributed by atoms with E-state index in [0.717, 1.165) is 29.9 Å². The summed E-state index contributed by atoms with van der Waals surface area (Å²) in [5, 5.41) is 8.41. The molecule has 1 saturated heterocycles. The molecule has 174 valence electrons. The fourth-order valence-corrected chi connectivity index (χ4v) is 4.52. The summed E-state index contributed by atoms with van der Waals surface area (Å²) in [5.74, 6) is 3.79. The number of hydrogen-bond acceptors (Lipinski definition) is 6. The largest absolute Gasteiger partial charge is 0.497 e. The number of nitrogens with zero attached hydrogens (tertiary/aromatic N) is 3. The van der Waals surface area contributed by atoms with Crippen LogP contribution in [0.3, 0.4) is 0 Å². The molecule has 2 aliphatic rings. The van der Waals surface area contributed by atoms with Crippen LogP contribution in [0.2, 0.25) is 0 Å². The molecule has 0 saturated carbocycles. The van der Waals surface area contributed by atoms with Gasteiger partial charge in [-0.3, -0.25) is 0 Å². The highest BCUT2D eigenvalue weighted by atomic mass is 32.2. The summed E-state index contributed by atoms with van der Waals surface area (Å²) in [6, 6.07) is 8.31. The van der Waals surface area contributed by atoms with Crippen molar-refractivity contribution in [1.82, 2.24) is 15.1 Å². The molecule has 6 heteroatoms. The maximum absolute atomic E-state index is 5.85. The van der Waals surface area contributed by atoms with Gasteiger partial charge in [0.05, 0.1) is 18.1 Å². The maximum Gasteiger partial charge on any atom is 0.247 e. The van der Waals surface area contributed by atoms with Crippen molar-refractivity contribution in [1.29, 1.82) is 0 Å². The van der Waals surface area contributed by atoms with Gasteiger partial charge in [0, 0.05) is 17.7 Å². The van der Waals surface area contributed by atoms with E-state index in [0.29, 0.717) is 24.1 Å². The first-order chi connectivity index (χ1) is 16.4. The lowest BCUT2D eigenvalue weighted by molar-refractivity contribution is 0.227. The molecule has 1 aromatic heterocycles. The van der Waals surface area contributed by atoms with Gasteiger partial charge in [0.15, 0.2) is 0 Å². The van der Waals surface area contributed by atoms with Crippen molar-refractivity contribution in [2.45, 2.75) is 37.9 Å². The van der Waals surface area contributed by atoms with E-state index in [2.05, 4.69) is 45.5 Å². The predicted octanol–water partition coefficient (Wildman–Crippen LogP) is 6.28. The standard InChI is InChI=1S/C27H33N3O2S/c1-2-6-12-25(11-5-1)31-20-21-33-22-26-28-29-27(32-26)24-15-13-23(14-16-24)10-4-3-7-17-30-18-8-9-19-30/h1-2,4-6,10-11,13-16H,3,7-9,12,17-22H2/b10-4+. The molecular weight excluding hydrogens is 430 g/mol. The zero-order valence-corrected chi connectivity index (χ0v) is 20.0. The Hall–Kier alpha value is -2.57. The Morgan fingerprint density at radius 1 is 1.06 bits per heavy atom. The van der Waals surface area contributed by atoms with Crippen molar-refractivity contribution < 1.29 is 9.15 Å². The van der Waals surface area contributed by atoms with Crippen LogP contribution in [-0.4, -0.2) is 47.1 Å². The smallest absolute Gasteiger partial charge is 0.247 e. The maximum atomic E-state index is 5.85. The van der Waals surface area contributed by atoms with Gasteiger partial charge in [-0.2, -0.15) is 0 Å². The van der Waals surface area contributed by atoms with E-state index in [-0.39, 0.29) is 0 Å². The SMILES string of the molecule is C1=CC=C(OCCSCc2nnc(-c3ccc(/C=C/CCCN4CCCC4)cc3)o2)CC=C1. The Morgan fingerprint density at radius 3 is 2.82 bits per heavy atom. The van der Waals surface area contributed by atoms with E-state index in [1.807, 2.05) is 36.4 Å². The molecule has 1 aromatic carbocycles. The van der Waals surface area contributed by atoms with Crippen LogP contribution in [0, 0.1) is 0 Å². The monoisotopic (exact) mass is 463 g/mol. The van der Waals surface area contributed by atoms with Crippen molar-refractivity contribution in [3.8, 4) is 11.5 Å². The molecule has 33 heavy (non-hydrogen) atoms. The molecule has 2 heterocycles. The van der Waals surface area contributed by atoms with E-state index < -0.39 is 0 Å². The van der Waals surface area contributed by atoms with E-state index in [1.165, 1.54) is 44.5 Å². The number of ether oxygens (including phenoxy) is 1. The van der Waals surface area contributed by atoms with Crippen molar-refractivity contribution in [2.24, 2.45) is 0 Å². The first-order valence-electron chi connectivity index (χ1n) is 11.9. The molecule has 0 bridgehead atoms. The van der Waals surface area contributed by atoms with Crippen LogP contribution in [0.1, 0.15) is 43.6 Å². The second-order valence-electron chi connectivity index (χ2n) is 8.27. The molecule has 1 aliphatic carbocycles. The van der Waals surface area contributed by atoms with E-state index in [1.54, 1.807) is 11.8 Å². The number of aromatic nitrogens is 2. The van der Waals surface area contributed by atoms with Crippen LogP contribution in [0.15, 0.2) is 70.9 Å². The van der Waals surface area contributed by atoms with Crippen LogP contribution in [0.4, 0.5) is 0 Å². The highest BCUT2D eigenvalue weighted by Crippen LogP contribution is 2.21. The molecule has 1 fully saturated rings. The van der Waals surface area contributed by atoms with Crippen molar-refractivity contribution in [3.05, 3.63) is 77.9 Å². The third kappa shape index (κ3) is 8.06. The van der Waals surface area contributed by atoms with Gasteiger partial charge in [-0.05, 0) is 69.1 Å². The fraction of sp³-hybridized carbons (Fsp3) is 0.407. The Bertz CT molecular complexity index is 970. The highest BCUT2D eigenvalue weighted by Gasteiger charge is 2.10. The number of allylic oxidation sites excluding steroid dienone is 6. The zero-order chi connectivity index (χ0) is 22.6. The molecule has 0 unspecified atom stereocenters. The van der Waals surface area contributed by atoms with Crippen LogP contribution in [0.5, 0.6) is 0 Å². The second kappa shape index (κ2) is 13.2. The predicted molar refractivity (Wildman–Crippen MR) is 137 cm³/mol. The van der Waals surface area contributed by atoms with Gasteiger partial charge in [0.2, 0.25) is 11.8 Å². The minimum atomic E-state index is 0.574. The normalized spacial score (nSPS) is 16.4. The van der Waals surface area contributed by atoms with Gasteiger partial charge >= 0.3 is 0 Å². The van der Waals surface area contributed by atoms with Gasteiger partial charge in [-0.25, -0.2) is 0 Å². The van der Waals surface area contributed by atoms with Gasteiger partial charge in [0.25, 0.3) is 0 Å². The van der Waals surface area contributed by atoms with E-state index >= 15 is 0 Å².